The van der Waals surface area contributed by atoms with Crippen molar-refractivity contribution in [3.8, 4) is 0 Å². The van der Waals surface area contributed by atoms with E-state index >= 15 is 0 Å². The maximum Gasteiger partial charge on any atom is -0.0105 e. The Morgan fingerprint density at radius 3 is 2.80 bits per heavy atom. The molecule has 0 nitrogen and oxygen atoms in total. The van der Waals surface area contributed by atoms with Crippen LogP contribution < -0.4 is 0 Å². The summed E-state index contributed by atoms with van der Waals surface area (Å²) < 4.78 is 0. The summed E-state index contributed by atoms with van der Waals surface area (Å²) in [6.07, 6.45) is 6.51. The van der Waals surface area contributed by atoms with Crippen molar-refractivity contribution >= 4 is 0 Å². The van der Waals surface area contributed by atoms with Gasteiger partial charge in [0.05, 0.1) is 0 Å². The molecule has 0 unspecified atom stereocenters. The second-order valence-electron chi connectivity index (χ2n) is 3.00. The van der Waals surface area contributed by atoms with Gasteiger partial charge in [-0.15, -0.1) is 0 Å². The van der Waals surface area contributed by atoms with Gasteiger partial charge < -0.3 is 0 Å². The van der Waals surface area contributed by atoms with Crippen LogP contribution in [0.25, 0.3) is 0 Å². The number of hydrogen-bond acceptors (Lipinski definition) is 0. The van der Waals surface area contributed by atoms with Gasteiger partial charge >= 0.3 is 0 Å². The summed E-state index contributed by atoms with van der Waals surface area (Å²) in [6.45, 7) is 8.31. The summed E-state index contributed by atoms with van der Waals surface area (Å²) >= 11 is 0. The third-order valence-electron chi connectivity index (χ3n) is 1.96. The minimum atomic E-state index is 1.05. The molecule has 0 aromatic rings. The lowest BCUT2D eigenvalue weighted by molar-refractivity contribution is 1.06. The molecule has 0 radical (unpaired) electrons. The molecule has 0 heterocycles. The monoisotopic (exact) mass is 134 g/mol. The molecule has 0 fully saturated rings. The van der Waals surface area contributed by atoms with Gasteiger partial charge in [0.25, 0.3) is 0 Å². The van der Waals surface area contributed by atoms with Gasteiger partial charge in [0, 0.05) is 0 Å². The molecule has 0 amide bonds. The summed E-state index contributed by atoms with van der Waals surface area (Å²) in [4.78, 5) is 0. The molecule has 0 aromatic heterocycles. The van der Waals surface area contributed by atoms with Crippen LogP contribution in [0.2, 0.25) is 0 Å². The summed E-state index contributed by atoms with van der Waals surface area (Å²) in [5, 5.41) is 0. The van der Waals surface area contributed by atoms with Crippen molar-refractivity contribution in [3.63, 3.8) is 0 Å². The Hall–Kier alpha value is -0.780. The van der Waals surface area contributed by atoms with Gasteiger partial charge in [-0.1, -0.05) is 35.5 Å². The van der Waals surface area contributed by atoms with Gasteiger partial charge in [-0.05, 0) is 26.7 Å². The van der Waals surface area contributed by atoms with Crippen LogP contribution in [0.5, 0.6) is 0 Å². The Balaban J connectivity index is 2.85. The first-order valence-electron chi connectivity index (χ1n) is 3.69. The Labute approximate surface area is 62.9 Å². The molecule has 0 bridgehead atoms. The van der Waals surface area contributed by atoms with E-state index in [2.05, 4.69) is 32.6 Å². The average Bonchev–Trinajstić information content (AvgIpc) is 1.96. The molecule has 0 saturated heterocycles. The van der Waals surface area contributed by atoms with Crippen molar-refractivity contribution in [2.45, 2.75) is 26.7 Å². The van der Waals surface area contributed by atoms with Gasteiger partial charge in [-0.25, -0.2) is 0 Å². The van der Waals surface area contributed by atoms with Crippen molar-refractivity contribution < 1.29 is 0 Å². The molecule has 1 aliphatic rings. The largest absolute Gasteiger partial charge is 0.0992 e. The maximum atomic E-state index is 3.97. The standard InChI is InChI=1S/C10H14/c1-8-5-4-6-9(2)10(3)7-8/h4,6H,1,5,7H2,2-3H3. The van der Waals surface area contributed by atoms with Crippen molar-refractivity contribution in [2.24, 2.45) is 0 Å². The van der Waals surface area contributed by atoms with Crippen LogP contribution in [0.3, 0.4) is 0 Å². The molecule has 54 valence electrons. The van der Waals surface area contributed by atoms with Crippen molar-refractivity contribution in [2.75, 3.05) is 0 Å². The topological polar surface area (TPSA) is 0 Å². The van der Waals surface area contributed by atoms with Gasteiger partial charge in [0.2, 0.25) is 0 Å². The third-order valence-corrected chi connectivity index (χ3v) is 1.96. The van der Waals surface area contributed by atoms with E-state index in [1.165, 1.54) is 16.7 Å². The molecular formula is C10H14. The zero-order chi connectivity index (χ0) is 7.56. The number of hydrogen-bond donors (Lipinski definition) is 0. The van der Waals surface area contributed by atoms with Crippen LogP contribution in [0.15, 0.2) is 35.5 Å². The summed E-state index contributed by atoms with van der Waals surface area (Å²) in [7, 11) is 0. The first kappa shape index (κ1) is 7.33. The lowest BCUT2D eigenvalue weighted by Crippen LogP contribution is -1.81. The fraction of sp³-hybridized carbons (Fsp3) is 0.400. The van der Waals surface area contributed by atoms with E-state index in [1.807, 2.05) is 0 Å². The van der Waals surface area contributed by atoms with E-state index in [-0.39, 0.29) is 0 Å². The SMILES string of the molecule is C=C1CC=CC(C)=C(C)C1. The molecule has 10 heavy (non-hydrogen) atoms. The lowest BCUT2D eigenvalue weighted by Gasteiger charge is -2.00. The van der Waals surface area contributed by atoms with Crippen LogP contribution in [-0.4, -0.2) is 0 Å². The third kappa shape index (κ3) is 1.60. The zero-order valence-electron chi connectivity index (χ0n) is 6.78. The van der Waals surface area contributed by atoms with E-state index in [1.54, 1.807) is 0 Å². The molecule has 0 aliphatic heterocycles. The highest BCUT2D eigenvalue weighted by atomic mass is 14.1. The van der Waals surface area contributed by atoms with Gasteiger partial charge in [0.1, 0.15) is 0 Å². The van der Waals surface area contributed by atoms with Crippen molar-refractivity contribution in [1.29, 1.82) is 0 Å². The average molecular weight is 134 g/mol. The molecule has 0 saturated carbocycles. The van der Waals surface area contributed by atoms with E-state index in [0.29, 0.717) is 0 Å². The van der Waals surface area contributed by atoms with Gasteiger partial charge in [-0.2, -0.15) is 0 Å². The highest BCUT2D eigenvalue weighted by Crippen LogP contribution is 2.20. The lowest BCUT2D eigenvalue weighted by atomic mass is 10.1. The summed E-state index contributed by atoms with van der Waals surface area (Å²) in [5.41, 5.74) is 4.18. The van der Waals surface area contributed by atoms with Crippen LogP contribution in [0, 0.1) is 0 Å². The van der Waals surface area contributed by atoms with Gasteiger partial charge in [0.15, 0.2) is 0 Å². The quantitative estimate of drug-likeness (QED) is 0.446. The smallest absolute Gasteiger partial charge is 0.0105 e. The molecular weight excluding hydrogens is 120 g/mol. The molecule has 0 N–H and O–H groups in total. The molecule has 0 spiro atoms. The molecule has 1 aliphatic carbocycles. The zero-order valence-corrected chi connectivity index (χ0v) is 6.78. The fourth-order valence-electron chi connectivity index (χ4n) is 1.13. The van der Waals surface area contributed by atoms with E-state index in [0.717, 1.165) is 12.8 Å². The normalized spacial score (nSPS) is 19.6. The molecule has 0 atom stereocenters. The Bertz CT molecular complexity index is 204. The number of allylic oxidation sites excluding steroid dienone is 5. The van der Waals surface area contributed by atoms with E-state index in [4.69, 9.17) is 0 Å². The molecule has 0 heteroatoms. The Morgan fingerprint density at radius 2 is 2.10 bits per heavy atom. The summed E-state index contributed by atoms with van der Waals surface area (Å²) in [5.74, 6) is 0. The minimum Gasteiger partial charge on any atom is -0.0992 e. The van der Waals surface area contributed by atoms with Crippen LogP contribution in [-0.2, 0) is 0 Å². The van der Waals surface area contributed by atoms with Crippen molar-refractivity contribution in [1.82, 2.24) is 0 Å². The van der Waals surface area contributed by atoms with E-state index < -0.39 is 0 Å². The fourth-order valence-corrected chi connectivity index (χ4v) is 1.13. The van der Waals surface area contributed by atoms with E-state index in [9.17, 15) is 0 Å². The maximum absolute atomic E-state index is 3.97. The first-order valence-corrected chi connectivity index (χ1v) is 3.69. The Kier molecular flexibility index (Phi) is 2.10. The highest BCUT2D eigenvalue weighted by molar-refractivity contribution is 5.30. The highest BCUT2D eigenvalue weighted by Gasteiger charge is 2.00. The second kappa shape index (κ2) is 2.87. The van der Waals surface area contributed by atoms with Gasteiger partial charge in [-0.3, -0.25) is 0 Å². The van der Waals surface area contributed by atoms with Crippen LogP contribution in [0.4, 0.5) is 0 Å². The summed E-state index contributed by atoms with van der Waals surface area (Å²) in [6, 6.07) is 0. The van der Waals surface area contributed by atoms with Crippen LogP contribution >= 0.6 is 0 Å². The minimum absolute atomic E-state index is 1.05. The molecule has 0 aromatic carbocycles. The first-order chi connectivity index (χ1) is 4.70. The number of rotatable bonds is 0. The predicted molar refractivity (Wildman–Crippen MR) is 45.9 cm³/mol. The Morgan fingerprint density at radius 1 is 1.40 bits per heavy atom. The van der Waals surface area contributed by atoms with Crippen molar-refractivity contribution in [3.05, 3.63) is 35.5 Å². The van der Waals surface area contributed by atoms with Crippen LogP contribution in [0.1, 0.15) is 26.7 Å². The molecule has 1 rings (SSSR count). The predicted octanol–water partition coefficient (Wildman–Crippen LogP) is 3.23. The second-order valence-corrected chi connectivity index (χ2v) is 3.00.